The second-order valence-corrected chi connectivity index (χ2v) is 5.21. The molecule has 0 amide bonds. The zero-order chi connectivity index (χ0) is 15.0. The van der Waals surface area contributed by atoms with Crippen LogP contribution >= 0.6 is 15.9 Å². The average molecular weight is 348 g/mol. The number of rotatable bonds is 3. The Balaban J connectivity index is 2.30. The maximum atomic E-state index is 11.2. The molecular formula is C14H10BrN3O3. The van der Waals surface area contributed by atoms with Crippen LogP contribution in [0, 0.1) is 0 Å². The number of benzene rings is 2. The molecule has 106 valence electrons. The van der Waals surface area contributed by atoms with Gasteiger partial charge < -0.3 is 9.84 Å². The van der Waals surface area contributed by atoms with Gasteiger partial charge in [-0.05, 0) is 30.3 Å². The van der Waals surface area contributed by atoms with Crippen LogP contribution in [0.15, 0.2) is 40.9 Å². The summed E-state index contributed by atoms with van der Waals surface area (Å²) in [7, 11) is 1.56. The molecule has 0 aliphatic rings. The molecule has 0 spiro atoms. The molecule has 0 saturated heterocycles. The molecule has 0 unspecified atom stereocenters. The van der Waals surface area contributed by atoms with Gasteiger partial charge >= 0.3 is 5.97 Å². The van der Waals surface area contributed by atoms with Crippen LogP contribution in [0.2, 0.25) is 0 Å². The predicted molar refractivity (Wildman–Crippen MR) is 80.1 cm³/mol. The molecule has 0 aliphatic heterocycles. The van der Waals surface area contributed by atoms with Gasteiger partial charge in [0, 0.05) is 4.47 Å². The zero-order valence-electron chi connectivity index (χ0n) is 10.9. The number of carboxylic acid groups (broad SMARTS) is 1. The van der Waals surface area contributed by atoms with E-state index >= 15 is 0 Å². The third-order valence-corrected chi connectivity index (χ3v) is 3.57. The van der Waals surface area contributed by atoms with E-state index in [4.69, 9.17) is 4.74 Å². The van der Waals surface area contributed by atoms with Gasteiger partial charge in [0.15, 0.2) is 0 Å². The number of carbonyl (C=O) groups is 1. The summed E-state index contributed by atoms with van der Waals surface area (Å²) in [5.74, 6) is -0.417. The minimum Gasteiger partial charge on any atom is -0.494 e. The first-order valence-corrected chi connectivity index (χ1v) is 6.82. The normalized spacial score (nSPS) is 10.8. The fourth-order valence-electron chi connectivity index (χ4n) is 2.12. The monoisotopic (exact) mass is 347 g/mol. The van der Waals surface area contributed by atoms with E-state index in [0.717, 1.165) is 4.47 Å². The van der Waals surface area contributed by atoms with Crippen molar-refractivity contribution in [2.75, 3.05) is 7.11 Å². The molecule has 0 bridgehead atoms. The summed E-state index contributed by atoms with van der Waals surface area (Å²) in [6, 6.07) is 10.4. The van der Waals surface area contributed by atoms with Gasteiger partial charge in [-0.2, -0.15) is 0 Å². The fourth-order valence-corrected chi connectivity index (χ4v) is 2.47. The summed E-state index contributed by atoms with van der Waals surface area (Å²) in [6.07, 6.45) is 0. The Kier molecular flexibility index (Phi) is 3.34. The number of aromatic nitrogens is 3. The Morgan fingerprint density at radius 2 is 2.14 bits per heavy atom. The van der Waals surface area contributed by atoms with Crippen molar-refractivity contribution in [3.05, 3.63) is 46.4 Å². The highest BCUT2D eigenvalue weighted by atomic mass is 79.9. The van der Waals surface area contributed by atoms with E-state index in [9.17, 15) is 9.90 Å². The maximum Gasteiger partial charge on any atom is 0.338 e. The van der Waals surface area contributed by atoms with Crippen LogP contribution in [0.25, 0.3) is 16.7 Å². The van der Waals surface area contributed by atoms with E-state index in [-0.39, 0.29) is 5.56 Å². The van der Waals surface area contributed by atoms with Crippen molar-refractivity contribution in [2.24, 2.45) is 0 Å². The highest BCUT2D eigenvalue weighted by Crippen LogP contribution is 2.29. The Labute approximate surface area is 128 Å². The lowest BCUT2D eigenvalue weighted by molar-refractivity contribution is 0.0699. The van der Waals surface area contributed by atoms with E-state index in [1.54, 1.807) is 30.0 Å². The Bertz CT molecular complexity index is 845. The van der Waals surface area contributed by atoms with Crippen molar-refractivity contribution in [1.82, 2.24) is 15.0 Å². The van der Waals surface area contributed by atoms with Gasteiger partial charge in [0.1, 0.15) is 17.0 Å². The largest absolute Gasteiger partial charge is 0.494 e. The predicted octanol–water partition coefficient (Wildman–Crippen LogP) is 2.89. The number of methoxy groups -OCH3 is 1. The van der Waals surface area contributed by atoms with Gasteiger partial charge in [-0.3, -0.25) is 0 Å². The van der Waals surface area contributed by atoms with Crippen molar-refractivity contribution < 1.29 is 14.6 Å². The van der Waals surface area contributed by atoms with E-state index < -0.39 is 5.97 Å². The van der Waals surface area contributed by atoms with Gasteiger partial charge in [0.05, 0.1) is 18.2 Å². The quantitative estimate of drug-likeness (QED) is 0.788. The lowest BCUT2D eigenvalue weighted by Gasteiger charge is -2.09. The molecule has 2 aromatic carbocycles. The summed E-state index contributed by atoms with van der Waals surface area (Å²) in [4.78, 5) is 11.2. The second kappa shape index (κ2) is 5.17. The molecule has 21 heavy (non-hydrogen) atoms. The third kappa shape index (κ3) is 2.25. The Hall–Kier alpha value is -2.41. The SMILES string of the molecule is COc1ccc(Br)cc1-n1nnc2c(C(=O)O)cccc21. The minimum atomic E-state index is -1.03. The molecule has 7 heteroatoms. The molecule has 3 aromatic rings. The number of fused-ring (bicyclic) bond motifs is 1. The van der Waals surface area contributed by atoms with Crippen LogP contribution in [0.4, 0.5) is 0 Å². The number of hydrogen-bond donors (Lipinski definition) is 1. The lowest BCUT2D eigenvalue weighted by atomic mass is 10.2. The number of carboxylic acids is 1. The van der Waals surface area contributed by atoms with Crippen LogP contribution in [0.3, 0.4) is 0 Å². The van der Waals surface area contributed by atoms with Gasteiger partial charge in [-0.15, -0.1) is 5.10 Å². The molecule has 0 fully saturated rings. The minimum absolute atomic E-state index is 0.118. The van der Waals surface area contributed by atoms with Crippen molar-refractivity contribution in [3.63, 3.8) is 0 Å². The van der Waals surface area contributed by atoms with E-state index in [0.29, 0.717) is 22.5 Å². The second-order valence-electron chi connectivity index (χ2n) is 4.30. The summed E-state index contributed by atoms with van der Waals surface area (Å²) >= 11 is 3.40. The first-order valence-electron chi connectivity index (χ1n) is 6.03. The third-order valence-electron chi connectivity index (χ3n) is 3.08. The number of aromatic carboxylic acids is 1. The van der Waals surface area contributed by atoms with Gasteiger partial charge in [-0.25, -0.2) is 9.48 Å². The van der Waals surface area contributed by atoms with Crippen LogP contribution in [0.1, 0.15) is 10.4 Å². The number of ether oxygens (including phenoxy) is 1. The molecule has 1 aromatic heterocycles. The van der Waals surface area contributed by atoms with Crippen molar-refractivity contribution in [2.45, 2.75) is 0 Å². The summed E-state index contributed by atoms with van der Waals surface area (Å²) in [5.41, 5.74) is 1.74. The maximum absolute atomic E-state index is 11.2. The highest BCUT2D eigenvalue weighted by molar-refractivity contribution is 9.10. The Morgan fingerprint density at radius 3 is 2.86 bits per heavy atom. The molecule has 1 heterocycles. The standard InChI is InChI=1S/C14H10BrN3O3/c1-21-12-6-5-8(15)7-11(12)18-10-4-2-3-9(14(19)20)13(10)16-17-18/h2-7H,1H3,(H,19,20). The van der Waals surface area contributed by atoms with Crippen molar-refractivity contribution in [1.29, 1.82) is 0 Å². The van der Waals surface area contributed by atoms with E-state index in [1.165, 1.54) is 6.07 Å². The molecule has 3 rings (SSSR count). The molecule has 0 saturated carbocycles. The van der Waals surface area contributed by atoms with Crippen LogP contribution in [0.5, 0.6) is 5.75 Å². The van der Waals surface area contributed by atoms with Crippen molar-refractivity contribution >= 4 is 32.9 Å². The lowest BCUT2D eigenvalue weighted by Crippen LogP contribution is -2.00. The molecular weight excluding hydrogens is 338 g/mol. The first-order chi connectivity index (χ1) is 10.1. The van der Waals surface area contributed by atoms with Gasteiger partial charge in [-0.1, -0.05) is 27.2 Å². The average Bonchev–Trinajstić information content (AvgIpc) is 2.90. The smallest absolute Gasteiger partial charge is 0.338 e. The van der Waals surface area contributed by atoms with E-state index in [1.807, 2.05) is 12.1 Å². The van der Waals surface area contributed by atoms with Gasteiger partial charge in [0.25, 0.3) is 0 Å². The topological polar surface area (TPSA) is 77.2 Å². The fraction of sp³-hybridized carbons (Fsp3) is 0.0714. The molecule has 0 radical (unpaired) electrons. The van der Waals surface area contributed by atoms with E-state index in [2.05, 4.69) is 26.2 Å². The first kappa shape index (κ1) is 13.6. The molecule has 1 N–H and O–H groups in total. The van der Waals surface area contributed by atoms with Crippen molar-refractivity contribution in [3.8, 4) is 11.4 Å². The summed E-state index contributed by atoms with van der Waals surface area (Å²) in [6.45, 7) is 0. The number of hydrogen-bond acceptors (Lipinski definition) is 4. The number of nitrogens with zero attached hydrogens (tertiary/aromatic N) is 3. The molecule has 6 nitrogen and oxygen atoms in total. The molecule has 0 atom stereocenters. The highest BCUT2D eigenvalue weighted by Gasteiger charge is 2.16. The van der Waals surface area contributed by atoms with Crippen LogP contribution in [-0.2, 0) is 0 Å². The number of halogens is 1. The van der Waals surface area contributed by atoms with Gasteiger partial charge in [0.2, 0.25) is 0 Å². The molecule has 0 aliphatic carbocycles. The Morgan fingerprint density at radius 1 is 1.33 bits per heavy atom. The zero-order valence-corrected chi connectivity index (χ0v) is 12.5. The van der Waals surface area contributed by atoms with Crippen LogP contribution < -0.4 is 4.74 Å². The van der Waals surface area contributed by atoms with Crippen LogP contribution in [-0.4, -0.2) is 33.2 Å². The summed E-state index contributed by atoms with van der Waals surface area (Å²) in [5, 5.41) is 17.2. The summed E-state index contributed by atoms with van der Waals surface area (Å²) < 4.78 is 7.74.